The smallest absolute Gasteiger partial charge is 0.300 e. The summed E-state index contributed by atoms with van der Waals surface area (Å²) in [7, 11) is 1.45. The van der Waals surface area contributed by atoms with E-state index in [9.17, 15) is 19.1 Å². The molecule has 0 radical (unpaired) electrons. The predicted molar refractivity (Wildman–Crippen MR) is 144 cm³/mol. The number of carbonyl (C=O) groups is 2. The third-order valence-corrected chi connectivity index (χ3v) is 6.23. The lowest BCUT2D eigenvalue weighted by molar-refractivity contribution is -0.132. The van der Waals surface area contributed by atoms with Crippen LogP contribution in [0.15, 0.2) is 60.2 Å². The minimum Gasteiger partial charge on any atom is -0.507 e. The zero-order valence-corrected chi connectivity index (χ0v) is 22.5. The summed E-state index contributed by atoms with van der Waals surface area (Å²) in [4.78, 5) is 27.8. The second-order valence-corrected chi connectivity index (χ2v) is 8.63. The summed E-state index contributed by atoms with van der Waals surface area (Å²) in [5, 5.41) is 11.6. The fourth-order valence-corrected chi connectivity index (χ4v) is 4.57. The van der Waals surface area contributed by atoms with Crippen molar-refractivity contribution in [3.8, 4) is 23.0 Å². The number of rotatable bonds is 10. The molecule has 40 heavy (non-hydrogen) atoms. The van der Waals surface area contributed by atoms with E-state index in [-0.39, 0.29) is 35.7 Å². The van der Waals surface area contributed by atoms with E-state index in [1.165, 1.54) is 19.2 Å². The lowest BCUT2D eigenvalue weighted by atomic mass is 9.94. The van der Waals surface area contributed by atoms with E-state index in [0.29, 0.717) is 23.9 Å². The molecule has 1 aliphatic rings. The fraction of sp³-hybridized carbons (Fsp3) is 0.267. The molecule has 210 valence electrons. The maximum atomic E-state index is 15.0. The SMILES string of the molecule is CCOc1ccc(/C(O)=C2\C(=O)C(=O)N(c3cc(F)ccc3F)C2c2ccc(OC)c(OCC)c2)c(OCC)c1. The van der Waals surface area contributed by atoms with Gasteiger partial charge in [-0.25, -0.2) is 8.78 Å². The summed E-state index contributed by atoms with van der Waals surface area (Å²) in [6, 6.07) is 10.5. The highest BCUT2D eigenvalue weighted by Gasteiger charge is 2.48. The number of aliphatic hydroxyl groups excluding tert-OH is 1. The third-order valence-electron chi connectivity index (χ3n) is 6.23. The number of carbonyl (C=O) groups excluding carboxylic acids is 2. The topological polar surface area (TPSA) is 94.5 Å². The molecule has 3 aromatic rings. The van der Waals surface area contributed by atoms with Gasteiger partial charge in [0.25, 0.3) is 11.7 Å². The number of amides is 1. The first kappa shape index (κ1) is 28.4. The number of ether oxygens (including phenoxy) is 4. The van der Waals surface area contributed by atoms with E-state index in [1.54, 1.807) is 38.1 Å². The average molecular weight is 554 g/mol. The molecule has 1 fully saturated rings. The summed E-state index contributed by atoms with van der Waals surface area (Å²) >= 11 is 0. The van der Waals surface area contributed by atoms with Gasteiger partial charge in [0.15, 0.2) is 11.5 Å². The van der Waals surface area contributed by atoms with Crippen LogP contribution in [0, 0.1) is 11.6 Å². The Morgan fingerprint density at radius 2 is 1.55 bits per heavy atom. The van der Waals surface area contributed by atoms with Crippen LogP contribution in [-0.2, 0) is 9.59 Å². The van der Waals surface area contributed by atoms with Gasteiger partial charge in [-0.3, -0.25) is 14.5 Å². The summed E-state index contributed by atoms with van der Waals surface area (Å²) < 4.78 is 51.6. The van der Waals surface area contributed by atoms with Gasteiger partial charge in [0.2, 0.25) is 0 Å². The van der Waals surface area contributed by atoms with Gasteiger partial charge in [-0.15, -0.1) is 0 Å². The van der Waals surface area contributed by atoms with Crippen molar-refractivity contribution < 1.29 is 42.4 Å². The van der Waals surface area contributed by atoms with Crippen LogP contribution < -0.4 is 23.8 Å². The molecular formula is C30H29F2NO7. The normalized spacial score (nSPS) is 16.2. The average Bonchev–Trinajstić information content (AvgIpc) is 3.20. The maximum Gasteiger partial charge on any atom is 0.300 e. The Morgan fingerprint density at radius 3 is 2.23 bits per heavy atom. The highest BCUT2D eigenvalue weighted by Crippen LogP contribution is 2.46. The van der Waals surface area contributed by atoms with Gasteiger partial charge in [0.05, 0.1) is 49.8 Å². The van der Waals surface area contributed by atoms with Gasteiger partial charge < -0.3 is 24.1 Å². The number of benzene rings is 3. The van der Waals surface area contributed by atoms with Crippen LogP contribution in [0.4, 0.5) is 14.5 Å². The first-order valence-corrected chi connectivity index (χ1v) is 12.7. The number of aliphatic hydroxyl groups is 1. The summed E-state index contributed by atoms with van der Waals surface area (Å²) in [5.74, 6) is -3.17. The van der Waals surface area contributed by atoms with Crippen molar-refractivity contribution in [1.29, 1.82) is 0 Å². The van der Waals surface area contributed by atoms with E-state index < -0.39 is 40.8 Å². The highest BCUT2D eigenvalue weighted by molar-refractivity contribution is 6.51. The monoisotopic (exact) mass is 553 g/mol. The quantitative estimate of drug-likeness (QED) is 0.193. The van der Waals surface area contributed by atoms with Gasteiger partial charge in [0, 0.05) is 12.1 Å². The van der Waals surface area contributed by atoms with Crippen molar-refractivity contribution in [3.63, 3.8) is 0 Å². The number of halogens is 2. The molecule has 1 heterocycles. The molecule has 1 unspecified atom stereocenters. The summed E-state index contributed by atoms with van der Waals surface area (Å²) in [6.07, 6.45) is 0. The van der Waals surface area contributed by atoms with Crippen LogP contribution >= 0.6 is 0 Å². The number of anilines is 1. The molecule has 1 saturated heterocycles. The molecule has 1 amide bonds. The fourth-order valence-electron chi connectivity index (χ4n) is 4.57. The standard InChI is InChI=1S/C30H29F2NO7/c1-5-38-19-10-11-20(24(16-19)39-6-2)28(34)26-27(17-8-13-23(37-4)25(14-17)40-7-3)33(30(36)29(26)35)22-15-18(31)9-12-21(22)32/h8-16,27,34H,5-7H2,1-4H3/b28-26+. The van der Waals surface area contributed by atoms with E-state index in [1.807, 2.05) is 6.92 Å². The second-order valence-electron chi connectivity index (χ2n) is 8.63. The lowest BCUT2D eigenvalue weighted by Crippen LogP contribution is -2.30. The molecule has 10 heteroatoms. The molecule has 3 aromatic carbocycles. The molecular weight excluding hydrogens is 524 g/mol. The van der Waals surface area contributed by atoms with Crippen molar-refractivity contribution in [3.05, 3.63) is 82.9 Å². The number of ketones is 1. The zero-order chi connectivity index (χ0) is 29.0. The Balaban J connectivity index is 2.00. The van der Waals surface area contributed by atoms with E-state index >= 15 is 4.39 Å². The van der Waals surface area contributed by atoms with Crippen LogP contribution in [0.2, 0.25) is 0 Å². The lowest BCUT2D eigenvalue weighted by Gasteiger charge is -2.26. The summed E-state index contributed by atoms with van der Waals surface area (Å²) in [6.45, 7) is 6.23. The number of hydrogen-bond acceptors (Lipinski definition) is 7. The number of Topliss-reactive ketones (excluding diaryl/α,β-unsaturated/α-hetero) is 1. The molecule has 0 aliphatic carbocycles. The number of hydrogen-bond donors (Lipinski definition) is 1. The van der Waals surface area contributed by atoms with Crippen LogP contribution in [0.1, 0.15) is 37.9 Å². The number of nitrogens with zero attached hydrogens (tertiary/aromatic N) is 1. The zero-order valence-electron chi connectivity index (χ0n) is 22.5. The van der Waals surface area contributed by atoms with Gasteiger partial charge >= 0.3 is 0 Å². The Bertz CT molecular complexity index is 1470. The Kier molecular flexibility index (Phi) is 8.57. The molecule has 0 spiro atoms. The molecule has 0 saturated carbocycles. The minimum atomic E-state index is -1.34. The first-order valence-electron chi connectivity index (χ1n) is 12.7. The molecule has 4 rings (SSSR count). The Hall–Kier alpha value is -4.60. The predicted octanol–water partition coefficient (Wildman–Crippen LogP) is 5.80. The van der Waals surface area contributed by atoms with Crippen LogP contribution in [0.25, 0.3) is 5.76 Å². The van der Waals surface area contributed by atoms with Crippen molar-refractivity contribution >= 4 is 23.1 Å². The van der Waals surface area contributed by atoms with Gasteiger partial charge in [-0.2, -0.15) is 0 Å². The minimum absolute atomic E-state index is 0.117. The molecule has 1 aliphatic heterocycles. The molecule has 1 atom stereocenters. The number of methoxy groups -OCH3 is 1. The molecule has 8 nitrogen and oxygen atoms in total. The second kappa shape index (κ2) is 12.1. The van der Waals surface area contributed by atoms with E-state index in [4.69, 9.17) is 18.9 Å². The summed E-state index contributed by atoms with van der Waals surface area (Å²) in [5.41, 5.74) is -0.396. The first-order chi connectivity index (χ1) is 19.2. The largest absolute Gasteiger partial charge is 0.507 e. The molecule has 1 N–H and O–H groups in total. The van der Waals surface area contributed by atoms with Gasteiger partial charge in [-0.1, -0.05) is 6.07 Å². The third kappa shape index (κ3) is 5.29. The Morgan fingerprint density at radius 1 is 0.850 bits per heavy atom. The van der Waals surface area contributed by atoms with Crippen LogP contribution in [0.5, 0.6) is 23.0 Å². The highest BCUT2D eigenvalue weighted by atomic mass is 19.1. The van der Waals surface area contributed by atoms with E-state index in [2.05, 4.69) is 0 Å². The van der Waals surface area contributed by atoms with Crippen molar-refractivity contribution in [2.45, 2.75) is 26.8 Å². The van der Waals surface area contributed by atoms with Crippen LogP contribution in [-0.4, -0.2) is 43.7 Å². The van der Waals surface area contributed by atoms with Crippen LogP contribution in [0.3, 0.4) is 0 Å². The molecule has 0 aromatic heterocycles. The maximum absolute atomic E-state index is 15.0. The van der Waals surface area contributed by atoms with E-state index in [0.717, 1.165) is 23.1 Å². The van der Waals surface area contributed by atoms with Crippen molar-refractivity contribution in [2.75, 3.05) is 31.8 Å². The van der Waals surface area contributed by atoms with Gasteiger partial charge in [-0.05, 0) is 62.7 Å². The Labute approximate surface area is 230 Å². The molecule has 0 bridgehead atoms. The van der Waals surface area contributed by atoms with Gasteiger partial charge in [0.1, 0.15) is 28.9 Å². The van der Waals surface area contributed by atoms with Crippen molar-refractivity contribution in [2.24, 2.45) is 0 Å². The van der Waals surface area contributed by atoms with Crippen molar-refractivity contribution in [1.82, 2.24) is 0 Å².